The Hall–Kier alpha value is -0.683. The largest absolute Gasteiger partial charge is 0.465 e. The molecule has 0 N–H and O–H groups in total. The third-order valence-electron chi connectivity index (χ3n) is 4.47. The van der Waals surface area contributed by atoms with Crippen molar-refractivity contribution in [1.29, 1.82) is 0 Å². The summed E-state index contributed by atoms with van der Waals surface area (Å²) < 4.78 is 11.2. The highest BCUT2D eigenvalue weighted by Crippen LogP contribution is 2.37. The van der Waals surface area contributed by atoms with Crippen LogP contribution >= 0.6 is 0 Å². The van der Waals surface area contributed by atoms with E-state index in [1.54, 1.807) is 0 Å². The molecule has 0 saturated carbocycles. The number of cyclic esters (lactones) is 1. The Balaban J connectivity index is 2.67. The molecule has 0 spiro atoms. The minimum Gasteiger partial charge on any atom is -0.465 e. The molecule has 1 fully saturated rings. The number of rotatable bonds is 6. The third kappa shape index (κ3) is 3.91. The van der Waals surface area contributed by atoms with Gasteiger partial charge in [-0.05, 0) is 24.6 Å². The molecule has 0 aromatic heterocycles. The predicted octanol–water partition coefficient (Wildman–Crippen LogP) is 3.17. The second-order valence-corrected chi connectivity index (χ2v) is 12.0. The third-order valence-corrected chi connectivity index (χ3v) is 8.97. The number of esters is 1. The molecule has 20 heavy (non-hydrogen) atoms. The standard InChI is InChI=1S/C15H28O4Si/c1-7-8-12(16)13-11(9-18-14(13)17)10-19-20(5,6)15(2,3)4/h11,13H,7-10H2,1-6H3/t11-,13+/m1/s1. The molecule has 1 heterocycles. The second kappa shape index (κ2) is 6.39. The molecule has 2 atom stereocenters. The van der Waals surface area contributed by atoms with E-state index in [0.717, 1.165) is 6.42 Å². The van der Waals surface area contributed by atoms with Gasteiger partial charge in [-0.1, -0.05) is 27.7 Å². The number of hydrogen-bond acceptors (Lipinski definition) is 4. The molecule has 0 aliphatic carbocycles. The Bertz CT molecular complexity index is 371. The number of carbonyl (C=O) groups is 2. The van der Waals surface area contributed by atoms with Gasteiger partial charge in [0.25, 0.3) is 0 Å². The summed E-state index contributed by atoms with van der Waals surface area (Å²) in [7, 11) is -1.86. The highest BCUT2D eigenvalue weighted by atomic mass is 28.4. The molecule has 116 valence electrons. The molecule has 1 aliphatic rings. The van der Waals surface area contributed by atoms with Crippen LogP contribution in [0.2, 0.25) is 18.1 Å². The van der Waals surface area contributed by atoms with Crippen molar-refractivity contribution in [2.45, 2.75) is 58.7 Å². The SMILES string of the molecule is CCCC(=O)[C@H]1C(=O)OC[C@@H]1CO[Si](C)(C)C(C)(C)C. The lowest BCUT2D eigenvalue weighted by atomic mass is 9.90. The maximum Gasteiger partial charge on any atom is 0.316 e. The molecule has 0 unspecified atom stereocenters. The van der Waals surface area contributed by atoms with Crippen LogP contribution in [0.3, 0.4) is 0 Å². The first-order valence-corrected chi connectivity index (χ1v) is 10.3. The fourth-order valence-corrected chi connectivity index (χ4v) is 3.10. The Morgan fingerprint density at radius 1 is 1.40 bits per heavy atom. The first-order chi connectivity index (χ1) is 9.10. The van der Waals surface area contributed by atoms with Crippen LogP contribution in [0.1, 0.15) is 40.5 Å². The summed E-state index contributed by atoms with van der Waals surface area (Å²) in [4.78, 5) is 23.8. The normalized spacial score (nSPS) is 23.8. The van der Waals surface area contributed by atoms with Crippen molar-refractivity contribution in [1.82, 2.24) is 0 Å². The van der Waals surface area contributed by atoms with E-state index in [0.29, 0.717) is 19.6 Å². The second-order valence-electron chi connectivity index (χ2n) is 7.16. The zero-order chi connectivity index (χ0) is 15.6. The van der Waals surface area contributed by atoms with Crippen LogP contribution in [0.15, 0.2) is 0 Å². The van der Waals surface area contributed by atoms with E-state index in [1.165, 1.54) is 0 Å². The minimum atomic E-state index is -1.86. The smallest absolute Gasteiger partial charge is 0.316 e. The Kier molecular flexibility index (Phi) is 5.55. The Labute approximate surface area is 123 Å². The summed E-state index contributed by atoms with van der Waals surface area (Å²) in [5.74, 6) is -1.10. The molecule has 5 heteroatoms. The van der Waals surface area contributed by atoms with E-state index in [4.69, 9.17) is 9.16 Å². The lowest BCUT2D eigenvalue weighted by molar-refractivity contribution is -0.144. The first-order valence-electron chi connectivity index (χ1n) is 7.43. The van der Waals surface area contributed by atoms with E-state index in [1.807, 2.05) is 6.92 Å². The van der Waals surface area contributed by atoms with Crippen molar-refractivity contribution in [3.63, 3.8) is 0 Å². The fraction of sp³-hybridized carbons (Fsp3) is 0.867. The monoisotopic (exact) mass is 300 g/mol. The lowest BCUT2D eigenvalue weighted by Crippen LogP contribution is -2.43. The molecule has 0 bridgehead atoms. The molecule has 0 amide bonds. The van der Waals surface area contributed by atoms with Crippen LogP contribution in [-0.4, -0.2) is 33.3 Å². The minimum absolute atomic E-state index is 0.00108. The van der Waals surface area contributed by atoms with Crippen LogP contribution in [0.4, 0.5) is 0 Å². The van der Waals surface area contributed by atoms with Gasteiger partial charge in [0.1, 0.15) is 11.7 Å². The highest BCUT2D eigenvalue weighted by molar-refractivity contribution is 6.74. The van der Waals surface area contributed by atoms with Crippen LogP contribution in [0.25, 0.3) is 0 Å². The van der Waals surface area contributed by atoms with E-state index in [9.17, 15) is 9.59 Å². The Morgan fingerprint density at radius 3 is 2.50 bits per heavy atom. The van der Waals surface area contributed by atoms with Crippen molar-refractivity contribution in [3.05, 3.63) is 0 Å². The van der Waals surface area contributed by atoms with E-state index < -0.39 is 14.2 Å². The summed E-state index contributed by atoms with van der Waals surface area (Å²) in [5.41, 5.74) is 0. The quantitative estimate of drug-likeness (QED) is 0.429. The number of Topliss-reactive ketones (excluding diaryl/α,β-unsaturated/α-hetero) is 1. The number of ether oxygens (including phenoxy) is 1. The van der Waals surface area contributed by atoms with Crippen molar-refractivity contribution >= 4 is 20.1 Å². The zero-order valence-corrected chi connectivity index (χ0v) is 14.6. The molecule has 1 aliphatic heterocycles. The van der Waals surface area contributed by atoms with Crippen LogP contribution in [0, 0.1) is 11.8 Å². The van der Waals surface area contributed by atoms with Crippen molar-refractivity contribution < 1.29 is 18.8 Å². The number of ketones is 1. The number of carbonyl (C=O) groups excluding carboxylic acids is 2. The van der Waals surface area contributed by atoms with Gasteiger partial charge >= 0.3 is 5.97 Å². The zero-order valence-electron chi connectivity index (χ0n) is 13.6. The summed E-state index contributed by atoms with van der Waals surface area (Å²) in [6.07, 6.45) is 1.20. The van der Waals surface area contributed by atoms with Gasteiger partial charge in [0.2, 0.25) is 0 Å². The summed E-state index contributed by atoms with van der Waals surface area (Å²) in [6, 6.07) is 0. The van der Waals surface area contributed by atoms with Gasteiger partial charge in [0.15, 0.2) is 8.32 Å². The highest BCUT2D eigenvalue weighted by Gasteiger charge is 2.44. The molecule has 0 radical (unpaired) electrons. The van der Waals surface area contributed by atoms with Gasteiger partial charge in [-0.25, -0.2) is 0 Å². The first kappa shape index (κ1) is 17.4. The van der Waals surface area contributed by atoms with Crippen molar-refractivity contribution in [2.75, 3.05) is 13.2 Å². The molecule has 0 aromatic carbocycles. The average Bonchev–Trinajstić information content (AvgIpc) is 2.67. The molecular weight excluding hydrogens is 272 g/mol. The summed E-state index contributed by atoms with van der Waals surface area (Å²) >= 11 is 0. The average molecular weight is 300 g/mol. The Morgan fingerprint density at radius 2 is 2.00 bits per heavy atom. The van der Waals surface area contributed by atoms with E-state index in [-0.39, 0.29) is 22.7 Å². The number of hydrogen-bond donors (Lipinski definition) is 0. The summed E-state index contributed by atoms with van der Waals surface area (Å²) in [6.45, 7) is 13.6. The maximum atomic E-state index is 12.0. The van der Waals surface area contributed by atoms with Crippen LogP contribution in [0.5, 0.6) is 0 Å². The van der Waals surface area contributed by atoms with E-state index >= 15 is 0 Å². The van der Waals surface area contributed by atoms with Crippen molar-refractivity contribution in [3.8, 4) is 0 Å². The summed E-state index contributed by atoms with van der Waals surface area (Å²) in [5, 5.41) is 0.124. The van der Waals surface area contributed by atoms with Crippen molar-refractivity contribution in [2.24, 2.45) is 11.8 Å². The van der Waals surface area contributed by atoms with Gasteiger partial charge in [0.05, 0.1) is 6.61 Å². The van der Waals surface area contributed by atoms with Gasteiger partial charge in [0, 0.05) is 18.9 Å². The van der Waals surface area contributed by atoms with E-state index in [2.05, 4.69) is 33.9 Å². The van der Waals surface area contributed by atoms with Gasteiger partial charge < -0.3 is 9.16 Å². The topological polar surface area (TPSA) is 52.6 Å². The molecule has 0 aromatic rings. The predicted molar refractivity (Wildman–Crippen MR) is 81.0 cm³/mol. The molecular formula is C15H28O4Si. The lowest BCUT2D eigenvalue weighted by Gasteiger charge is -2.37. The fourth-order valence-electron chi connectivity index (χ4n) is 2.04. The molecule has 4 nitrogen and oxygen atoms in total. The molecule has 1 rings (SSSR count). The van der Waals surface area contributed by atoms with Crippen LogP contribution < -0.4 is 0 Å². The van der Waals surface area contributed by atoms with Gasteiger partial charge in [-0.2, -0.15) is 0 Å². The van der Waals surface area contributed by atoms with Gasteiger partial charge in [-0.15, -0.1) is 0 Å². The van der Waals surface area contributed by atoms with Crippen LogP contribution in [-0.2, 0) is 18.8 Å². The van der Waals surface area contributed by atoms with Gasteiger partial charge in [-0.3, -0.25) is 9.59 Å². The maximum absolute atomic E-state index is 12.0. The molecule has 1 saturated heterocycles.